The Morgan fingerprint density at radius 2 is 1.88 bits per heavy atom. The van der Waals surface area contributed by atoms with E-state index in [-0.39, 0.29) is 29.9 Å². The van der Waals surface area contributed by atoms with E-state index in [9.17, 15) is 9.59 Å². The minimum Gasteiger partial charge on any atom is -0.481 e. The first-order valence-corrected chi connectivity index (χ1v) is 11.7. The number of carbonyl (C=O) groups excluding carboxylic acids is 2. The number of carboxylic acid groups (broad SMARTS) is 1. The number of aliphatic carboxylic acids is 1. The van der Waals surface area contributed by atoms with Crippen LogP contribution < -0.4 is 5.32 Å². The summed E-state index contributed by atoms with van der Waals surface area (Å²) in [5.41, 5.74) is 2.17. The number of aryl methyl sites for hydroxylation is 1. The van der Waals surface area contributed by atoms with Crippen LogP contribution in [-0.2, 0) is 25.5 Å². The van der Waals surface area contributed by atoms with E-state index in [1.54, 1.807) is 0 Å². The molecule has 2 amide bonds. The zero-order valence-corrected chi connectivity index (χ0v) is 19.6. The number of amides is 2. The number of nitrogens with zero attached hydrogens (tertiary/aromatic N) is 1. The molecule has 0 aromatic heterocycles. The van der Waals surface area contributed by atoms with Crippen LogP contribution in [0.5, 0.6) is 0 Å². The van der Waals surface area contributed by atoms with Gasteiger partial charge in [-0.2, -0.15) is 0 Å². The molecule has 1 heterocycles. The number of carbonyl (C=O) groups is 3. The average Bonchev–Trinajstić information content (AvgIpc) is 3.26. The van der Waals surface area contributed by atoms with Gasteiger partial charge in [0.15, 0.2) is 0 Å². The number of hydrogen-bond acceptors (Lipinski definition) is 4. The first kappa shape index (κ1) is 25.8. The molecule has 3 rings (SSSR count). The molecule has 0 spiro atoms. The average molecular weight is 447 g/mol. The molecule has 32 heavy (non-hydrogen) atoms. The molecule has 1 aliphatic carbocycles. The minimum atomic E-state index is -0.833. The van der Waals surface area contributed by atoms with Crippen molar-refractivity contribution in [1.29, 1.82) is 0 Å². The Balaban J connectivity index is 0.000000837. The molecule has 0 radical (unpaired) electrons. The maximum Gasteiger partial charge on any atom is 0.300 e. The van der Waals surface area contributed by atoms with Crippen LogP contribution in [0.25, 0.3) is 0 Å². The quantitative estimate of drug-likeness (QED) is 0.670. The number of likely N-dealkylation sites (tertiary alicyclic amines) is 1. The third-order valence-electron chi connectivity index (χ3n) is 5.88. The zero-order valence-electron chi connectivity index (χ0n) is 19.6. The number of ether oxygens (including phenoxy) is 1. The van der Waals surface area contributed by atoms with Gasteiger partial charge >= 0.3 is 0 Å². The van der Waals surface area contributed by atoms with Gasteiger partial charge in [0.1, 0.15) is 0 Å². The zero-order chi connectivity index (χ0) is 23.5. The van der Waals surface area contributed by atoms with E-state index < -0.39 is 5.97 Å². The highest BCUT2D eigenvalue weighted by Crippen LogP contribution is 2.29. The van der Waals surface area contributed by atoms with Crippen molar-refractivity contribution in [3.8, 4) is 0 Å². The molecule has 1 aliphatic heterocycles. The minimum absolute atomic E-state index is 0.00356. The predicted octanol–water partition coefficient (Wildman–Crippen LogP) is 3.33. The van der Waals surface area contributed by atoms with Gasteiger partial charge in [-0.1, -0.05) is 36.8 Å². The molecular formula is C25H38N2O5. The lowest BCUT2D eigenvalue weighted by Gasteiger charge is -2.37. The molecule has 1 aromatic rings. The first-order valence-electron chi connectivity index (χ1n) is 11.7. The summed E-state index contributed by atoms with van der Waals surface area (Å²) in [7, 11) is 0. The van der Waals surface area contributed by atoms with Gasteiger partial charge in [-0.15, -0.1) is 0 Å². The van der Waals surface area contributed by atoms with Crippen molar-refractivity contribution >= 4 is 17.8 Å². The van der Waals surface area contributed by atoms with Gasteiger partial charge in [0, 0.05) is 32.5 Å². The van der Waals surface area contributed by atoms with E-state index >= 15 is 0 Å². The van der Waals surface area contributed by atoms with Gasteiger partial charge < -0.3 is 20.1 Å². The summed E-state index contributed by atoms with van der Waals surface area (Å²) < 4.78 is 6.03. The third-order valence-corrected chi connectivity index (χ3v) is 5.88. The Kier molecular flexibility index (Phi) is 10.7. The van der Waals surface area contributed by atoms with E-state index in [0.29, 0.717) is 19.4 Å². The Labute approximate surface area is 191 Å². The topological polar surface area (TPSA) is 95.9 Å². The summed E-state index contributed by atoms with van der Waals surface area (Å²) in [5.74, 6) is -0.553. The maximum absolute atomic E-state index is 12.9. The van der Waals surface area contributed by atoms with Gasteiger partial charge in [0.05, 0.1) is 18.6 Å². The largest absolute Gasteiger partial charge is 0.481 e. The van der Waals surface area contributed by atoms with Crippen LogP contribution in [0.3, 0.4) is 0 Å². The second kappa shape index (κ2) is 13.2. The summed E-state index contributed by atoms with van der Waals surface area (Å²) in [4.78, 5) is 36.5. The molecule has 0 unspecified atom stereocenters. The first-order chi connectivity index (χ1) is 15.3. The molecule has 7 nitrogen and oxygen atoms in total. The van der Waals surface area contributed by atoms with Crippen molar-refractivity contribution in [3.63, 3.8) is 0 Å². The van der Waals surface area contributed by atoms with Gasteiger partial charge in [-0.25, -0.2) is 0 Å². The lowest BCUT2D eigenvalue weighted by atomic mass is 9.82. The van der Waals surface area contributed by atoms with Crippen molar-refractivity contribution in [2.75, 3.05) is 19.7 Å². The highest BCUT2D eigenvalue weighted by molar-refractivity contribution is 5.80. The molecule has 2 aliphatic rings. The van der Waals surface area contributed by atoms with E-state index in [1.165, 1.54) is 0 Å². The Bertz CT molecular complexity index is 756. The van der Waals surface area contributed by atoms with Crippen molar-refractivity contribution in [2.45, 2.75) is 77.9 Å². The van der Waals surface area contributed by atoms with Gasteiger partial charge in [0.2, 0.25) is 11.8 Å². The van der Waals surface area contributed by atoms with E-state index in [4.69, 9.17) is 14.6 Å². The van der Waals surface area contributed by atoms with E-state index in [1.807, 2.05) is 36.1 Å². The van der Waals surface area contributed by atoms with E-state index in [2.05, 4.69) is 12.2 Å². The molecule has 2 fully saturated rings. The van der Waals surface area contributed by atoms with Gasteiger partial charge in [0.25, 0.3) is 5.97 Å². The van der Waals surface area contributed by atoms with Crippen LogP contribution in [0.15, 0.2) is 24.3 Å². The normalized spacial score (nSPS) is 22.6. The number of carboxylic acids is 1. The monoisotopic (exact) mass is 446 g/mol. The molecule has 2 N–H and O–H groups in total. The standard InChI is InChI=1S/C23H34N2O3.C2H4O2/c1-3-13-28-21-10-9-19(23(27)25-11-4-5-12-25)16-20(21)24-22(26)15-18-8-6-7-17(2)14-18;1-2(3)4/h6-8,14,19-21H,3-5,9-13,15-16H2,1-2H3,(H,24,26);1H3,(H,3,4)/t19-,20+,21+;/m0./s1. The highest BCUT2D eigenvalue weighted by atomic mass is 16.5. The fraction of sp³-hybridized carbons (Fsp3) is 0.640. The fourth-order valence-electron chi connectivity index (χ4n) is 4.45. The van der Waals surface area contributed by atoms with Crippen LogP contribution in [0.2, 0.25) is 0 Å². The molecule has 1 saturated heterocycles. The van der Waals surface area contributed by atoms with Crippen LogP contribution in [0.4, 0.5) is 0 Å². The number of hydrogen-bond donors (Lipinski definition) is 2. The lowest BCUT2D eigenvalue weighted by molar-refractivity contribution is -0.138. The number of rotatable bonds is 7. The van der Waals surface area contributed by atoms with Crippen LogP contribution in [0, 0.1) is 12.8 Å². The Morgan fingerprint density at radius 3 is 2.50 bits per heavy atom. The molecular weight excluding hydrogens is 408 g/mol. The highest BCUT2D eigenvalue weighted by Gasteiger charge is 2.37. The van der Waals surface area contributed by atoms with Crippen molar-refractivity contribution in [3.05, 3.63) is 35.4 Å². The molecule has 1 saturated carbocycles. The Hall–Kier alpha value is -2.41. The summed E-state index contributed by atoms with van der Waals surface area (Å²) in [6.45, 7) is 7.67. The fourth-order valence-corrected chi connectivity index (χ4v) is 4.45. The SMILES string of the molecule is CC(=O)O.CCCO[C@@H]1CC[C@H](C(=O)N2CCCC2)C[C@H]1NC(=O)Cc1cccc(C)c1. The van der Waals surface area contributed by atoms with Crippen molar-refractivity contribution in [2.24, 2.45) is 5.92 Å². The van der Waals surface area contributed by atoms with Crippen LogP contribution in [-0.4, -0.2) is 59.6 Å². The molecule has 1 aromatic carbocycles. The molecule has 7 heteroatoms. The second-order valence-electron chi connectivity index (χ2n) is 8.81. The molecule has 0 bridgehead atoms. The smallest absolute Gasteiger partial charge is 0.300 e. The lowest BCUT2D eigenvalue weighted by Crippen LogP contribution is -2.51. The number of nitrogens with one attached hydrogen (secondary N) is 1. The predicted molar refractivity (Wildman–Crippen MR) is 123 cm³/mol. The van der Waals surface area contributed by atoms with Crippen LogP contribution in [0.1, 0.15) is 63.5 Å². The van der Waals surface area contributed by atoms with Crippen molar-refractivity contribution in [1.82, 2.24) is 10.2 Å². The van der Waals surface area contributed by atoms with Gasteiger partial charge in [-0.3, -0.25) is 14.4 Å². The molecule has 3 atom stereocenters. The van der Waals surface area contributed by atoms with E-state index in [0.717, 1.165) is 63.2 Å². The van der Waals surface area contributed by atoms with Crippen molar-refractivity contribution < 1.29 is 24.2 Å². The summed E-state index contributed by atoms with van der Waals surface area (Å²) in [6, 6.07) is 7.96. The summed E-state index contributed by atoms with van der Waals surface area (Å²) in [5, 5.41) is 10.6. The van der Waals surface area contributed by atoms with Gasteiger partial charge in [-0.05, 0) is 51.0 Å². The number of benzene rings is 1. The van der Waals surface area contributed by atoms with Crippen LogP contribution >= 0.6 is 0 Å². The maximum atomic E-state index is 12.9. The molecule has 178 valence electrons. The Morgan fingerprint density at radius 1 is 1.19 bits per heavy atom. The summed E-state index contributed by atoms with van der Waals surface area (Å²) >= 11 is 0. The third kappa shape index (κ3) is 8.61. The second-order valence-corrected chi connectivity index (χ2v) is 8.81. The summed E-state index contributed by atoms with van der Waals surface area (Å²) in [6.07, 6.45) is 5.91.